The van der Waals surface area contributed by atoms with Crippen LogP contribution in [0.4, 0.5) is 13.2 Å². The van der Waals surface area contributed by atoms with Crippen LogP contribution in [0.5, 0.6) is 17.2 Å². The molecule has 0 aromatic heterocycles. The van der Waals surface area contributed by atoms with Crippen molar-refractivity contribution in [2.45, 2.75) is 38.6 Å². The van der Waals surface area contributed by atoms with Gasteiger partial charge in [0.1, 0.15) is 22.8 Å². The topological polar surface area (TPSA) is 57.2 Å². The summed E-state index contributed by atoms with van der Waals surface area (Å²) in [6.45, 7) is 3.30. The lowest BCUT2D eigenvalue weighted by Crippen LogP contribution is -2.35. The zero-order valence-electron chi connectivity index (χ0n) is 17.2. The van der Waals surface area contributed by atoms with Crippen molar-refractivity contribution >= 4 is 17.5 Å². The van der Waals surface area contributed by atoms with Gasteiger partial charge in [0.15, 0.2) is 6.23 Å². The molecule has 1 unspecified atom stereocenters. The molecule has 168 valence electrons. The molecule has 0 spiro atoms. The van der Waals surface area contributed by atoms with E-state index < -0.39 is 23.9 Å². The zero-order valence-corrected chi connectivity index (χ0v) is 18.0. The van der Waals surface area contributed by atoms with E-state index in [2.05, 4.69) is 4.74 Å². The molecule has 0 bridgehead atoms. The van der Waals surface area contributed by atoms with Crippen molar-refractivity contribution in [2.24, 2.45) is 0 Å². The highest BCUT2D eigenvalue weighted by molar-refractivity contribution is 6.32. The molecule has 3 rings (SSSR count). The molecule has 6 nitrogen and oxygen atoms in total. The molecule has 31 heavy (non-hydrogen) atoms. The number of alkyl halides is 3. The maximum atomic E-state index is 13.1. The first-order valence-corrected chi connectivity index (χ1v) is 9.58. The van der Waals surface area contributed by atoms with Crippen molar-refractivity contribution < 1.29 is 36.9 Å². The molecule has 0 saturated carbocycles. The summed E-state index contributed by atoms with van der Waals surface area (Å²) in [6.07, 6.45) is -5.71. The summed E-state index contributed by atoms with van der Waals surface area (Å²) in [4.78, 5) is 14.5. The number of methoxy groups -OCH3 is 2. The van der Waals surface area contributed by atoms with Crippen LogP contribution in [-0.2, 0) is 16.1 Å². The highest BCUT2D eigenvalue weighted by atomic mass is 35.5. The summed E-state index contributed by atoms with van der Waals surface area (Å²) in [5, 5.41) is -0.229. The maximum Gasteiger partial charge on any atom is 0.573 e. The molecule has 1 heterocycles. The Morgan fingerprint density at radius 1 is 1.10 bits per heavy atom. The van der Waals surface area contributed by atoms with Crippen LogP contribution in [0, 0.1) is 0 Å². The third-order valence-electron chi connectivity index (χ3n) is 4.75. The van der Waals surface area contributed by atoms with Gasteiger partial charge in [-0.05, 0) is 43.7 Å². The quantitative estimate of drug-likeness (QED) is 0.602. The summed E-state index contributed by atoms with van der Waals surface area (Å²) in [5.74, 6) is 0.0982. The molecule has 1 saturated heterocycles. The van der Waals surface area contributed by atoms with Crippen molar-refractivity contribution in [3.8, 4) is 17.2 Å². The van der Waals surface area contributed by atoms with Gasteiger partial charge < -0.3 is 23.8 Å². The molecule has 1 aliphatic rings. The number of carbonyl (C=O) groups is 1. The lowest BCUT2D eigenvalue weighted by molar-refractivity contribution is -0.274. The van der Waals surface area contributed by atoms with Gasteiger partial charge in [0.05, 0.1) is 24.8 Å². The van der Waals surface area contributed by atoms with Gasteiger partial charge in [0, 0.05) is 6.54 Å². The van der Waals surface area contributed by atoms with Gasteiger partial charge in [-0.15, -0.1) is 13.2 Å². The average Bonchev–Trinajstić information content (AvgIpc) is 2.91. The molecule has 0 aliphatic carbocycles. The fraction of sp³-hybridized carbons (Fsp3) is 0.381. The number of nitrogens with zero attached hydrogens (tertiary/aromatic N) is 1. The SMILES string of the molecule is COc1cccc(OC)c1C1OC(C)(C)C(=O)N1Cc1ccc(OC(F)(F)F)c(Cl)c1. The minimum atomic E-state index is -4.86. The summed E-state index contributed by atoms with van der Waals surface area (Å²) in [7, 11) is 2.98. The number of rotatable bonds is 6. The number of hydrogen-bond acceptors (Lipinski definition) is 5. The fourth-order valence-electron chi connectivity index (χ4n) is 3.39. The second-order valence-electron chi connectivity index (χ2n) is 7.30. The van der Waals surface area contributed by atoms with Crippen molar-refractivity contribution in [2.75, 3.05) is 14.2 Å². The predicted molar refractivity (Wildman–Crippen MR) is 106 cm³/mol. The number of amides is 1. The molecule has 1 aliphatic heterocycles. The smallest absolute Gasteiger partial charge is 0.496 e. The van der Waals surface area contributed by atoms with Gasteiger partial charge in [-0.25, -0.2) is 0 Å². The zero-order chi connectivity index (χ0) is 23.0. The van der Waals surface area contributed by atoms with E-state index in [1.54, 1.807) is 32.0 Å². The van der Waals surface area contributed by atoms with E-state index in [-0.39, 0.29) is 17.5 Å². The Hall–Kier alpha value is -2.65. The Balaban J connectivity index is 1.97. The Bertz CT molecular complexity index is 958. The van der Waals surface area contributed by atoms with Crippen LogP contribution in [0.1, 0.15) is 31.2 Å². The third kappa shape index (κ3) is 4.83. The third-order valence-corrected chi connectivity index (χ3v) is 5.05. The van der Waals surface area contributed by atoms with E-state index in [1.807, 2.05) is 0 Å². The van der Waals surface area contributed by atoms with Crippen LogP contribution in [0.2, 0.25) is 5.02 Å². The van der Waals surface area contributed by atoms with Crippen LogP contribution >= 0.6 is 11.6 Å². The van der Waals surface area contributed by atoms with Gasteiger partial charge in [0.25, 0.3) is 5.91 Å². The molecule has 10 heteroatoms. The Morgan fingerprint density at radius 3 is 2.23 bits per heavy atom. The van der Waals surface area contributed by atoms with Crippen molar-refractivity contribution in [1.82, 2.24) is 4.90 Å². The maximum absolute atomic E-state index is 13.1. The standard InChI is InChI=1S/C21H21ClF3NO5/c1-20(2)19(27)26(11-12-8-9-14(13(22)10-12)30-21(23,24)25)18(31-20)17-15(28-3)6-5-7-16(17)29-4/h5-10,18H,11H2,1-4H3. The second kappa shape index (κ2) is 8.47. The normalized spacial score (nSPS) is 18.3. The van der Waals surface area contributed by atoms with Gasteiger partial charge in [0.2, 0.25) is 0 Å². The van der Waals surface area contributed by atoms with Crippen LogP contribution < -0.4 is 14.2 Å². The minimum Gasteiger partial charge on any atom is -0.496 e. The lowest BCUT2D eigenvalue weighted by atomic mass is 10.1. The Kier molecular flexibility index (Phi) is 6.29. The molecule has 2 aromatic rings. The Labute approximate surface area is 182 Å². The lowest BCUT2D eigenvalue weighted by Gasteiger charge is -2.26. The molecule has 1 fully saturated rings. The van der Waals surface area contributed by atoms with E-state index in [9.17, 15) is 18.0 Å². The average molecular weight is 460 g/mol. The predicted octanol–water partition coefficient (Wildman–Crippen LogP) is 5.09. The van der Waals surface area contributed by atoms with Crippen molar-refractivity contribution in [3.05, 3.63) is 52.5 Å². The van der Waals surface area contributed by atoms with E-state index >= 15 is 0 Å². The Morgan fingerprint density at radius 2 is 1.71 bits per heavy atom. The fourth-order valence-corrected chi connectivity index (χ4v) is 3.63. The summed E-state index contributed by atoms with van der Waals surface area (Å²) >= 11 is 5.96. The molecular formula is C21H21ClF3NO5. The second-order valence-corrected chi connectivity index (χ2v) is 7.71. The molecule has 0 N–H and O–H groups in total. The van der Waals surface area contributed by atoms with Crippen LogP contribution in [0.15, 0.2) is 36.4 Å². The van der Waals surface area contributed by atoms with Crippen LogP contribution in [0.3, 0.4) is 0 Å². The number of carbonyl (C=O) groups excluding carboxylic acids is 1. The molecule has 0 radical (unpaired) electrons. The van der Waals surface area contributed by atoms with Gasteiger partial charge in [-0.1, -0.05) is 23.7 Å². The number of benzene rings is 2. The summed E-state index contributed by atoms with van der Waals surface area (Å²) < 4.78 is 58.3. The summed E-state index contributed by atoms with van der Waals surface area (Å²) in [5.41, 5.74) is -0.123. The number of halogens is 4. The van der Waals surface area contributed by atoms with Gasteiger partial charge in [-0.2, -0.15) is 0 Å². The first kappa shape index (κ1) is 23.0. The highest BCUT2D eigenvalue weighted by Crippen LogP contribution is 2.45. The van der Waals surface area contributed by atoms with Crippen LogP contribution in [-0.4, -0.2) is 37.0 Å². The van der Waals surface area contributed by atoms with Gasteiger partial charge in [-0.3, -0.25) is 4.79 Å². The molecule has 2 aromatic carbocycles. The van der Waals surface area contributed by atoms with E-state index in [1.165, 1.54) is 31.3 Å². The van der Waals surface area contributed by atoms with Crippen molar-refractivity contribution in [3.63, 3.8) is 0 Å². The summed E-state index contributed by atoms with van der Waals surface area (Å²) in [6, 6.07) is 9.01. The van der Waals surface area contributed by atoms with Crippen LogP contribution in [0.25, 0.3) is 0 Å². The van der Waals surface area contributed by atoms with E-state index in [0.717, 1.165) is 6.07 Å². The highest BCUT2D eigenvalue weighted by Gasteiger charge is 2.48. The van der Waals surface area contributed by atoms with E-state index in [4.69, 9.17) is 25.8 Å². The molecule has 1 amide bonds. The monoisotopic (exact) mass is 459 g/mol. The van der Waals surface area contributed by atoms with Crippen molar-refractivity contribution in [1.29, 1.82) is 0 Å². The number of hydrogen-bond donors (Lipinski definition) is 0. The first-order chi connectivity index (χ1) is 14.5. The van der Waals surface area contributed by atoms with E-state index in [0.29, 0.717) is 22.6 Å². The number of ether oxygens (including phenoxy) is 4. The first-order valence-electron chi connectivity index (χ1n) is 9.21. The largest absolute Gasteiger partial charge is 0.573 e. The molecule has 1 atom stereocenters. The molecular weight excluding hydrogens is 439 g/mol. The van der Waals surface area contributed by atoms with Gasteiger partial charge >= 0.3 is 6.36 Å². The minimum absolute atomic E-state index is 0.0279.